The molecule has 0 amide bonds. The van der Waals surface area contributed by atoms with Crippen LogP contribution < -0.4 is 4.72 Å². The number of aryl methyl sites for hydroxylation is 1. The number of phenols is 1. The highest BCUT2D eigenvalue weighted by molar-refractivity contribution is 7.92. The van der Waals surface area contributed by atoms with Crippen molar-refractivity contribution >= 4 is 27.3 Å². The third kappa shape index (κ3) is 4.11. The van der Waals surface area contributed by atoms with Gasteiger partial charge in [0, 0.05) is 24.4 Å². The summed E-state index contributed by atoms with van der Waals surface area (Å²) in [6.07, 6.45) is 1.93. The summed E-state index contributed by atoms with van der Waals surface area (Å²) in [5.41, 5.74) is 0.945. The first-order chi connectivity index (χ1) is 9.46. The molecule has 2 aromatic rings. The van der Waals surface area contributed by atoms with Gasteiger partial charge in [-0.2, -0.15) is 0 Å². The summed E-state index contributed by atoms with van der Waals surface area (Å²) in [4.78, 5) is 4.07. The predicted octanol–water partition coefficient (Wildman–Crippen LogP) is 2.42. The molecule has 0 radical (unpaired) electrons. The van der Waals surface area contributed by atoms with Gasteiger partial charge in [0.05, 0.1) is 16.5 Å². The van der Waals surface area contributed by atoms with Crippen LogP contribution in [-0.2, 0) is 16.4 Å². The molecule has 0 atom stereocenters. The van der Waals surface area contributed by atoms with Gasteiger partial charge in [0.2, 0.25) is 10.0 Å². The maximum Gasteiger partial charge on any atom is 0.233 e. The van der Waals surface area contributed by atoms with Crippen molar-refractivity contribution in [2.45, 2.75) is 6.42 Å². The molecule has 0 bridgehead atoms. The average molecular weight is 313 g/mol. The van der Waals surface area contributed by atoms with E-state index in [1.165, 1.54) is 18.2 Å². The van der Waals surface area contributed by atoms with Gasteiger partial charge in [-0.1, -0.05) is 17.7 Å². The van der Waals surface area contributed by atoms with E-state index in [2.05, 4.69) is 9.71 Å². The molecule has 2 N–H and O–H groups in total. The van der Waals surface area contributed by atoms with Crippen LogP contribution in [0.25, 0.3) is 0 Å². The van der Waals surface area contributed by atoms with Crippen molar-refractivity contribution in [1.29, 1.82) is 0 Å². The number of anilines is 1. The lowest BCUT2D eigenvalue weighted by Crippen LogP contribution is -2.18. The molecule has 1 aromatic carbocycles. The lowest BCUT2D eigenvalue weighted by atomic mass is 10.3. The Bertz CT molecular complexity index is 690. The van der Waals surface area contributed by atoms with Gasteiger partial charge in [-0.25, -0.2) is 8.42 Å². The highest BCUT2D eigenvalue weighted by Crippen LogP contribution is 2.26. The van der Waals surface area contributed by atoms with Gasteiger partial charge in [0.25, 0.3) is 0 Å². The molecule has 0 saturated heterocycles. The molecule has 0 unspecified atom stereocenters. The molecule has 0 spiro atoms. The Morgan fingerprint density at radius 3 is 2.70 bits per heavy atom. The summed E-state index contributed by atoms with van der Waals surface area (Å²) in [6, 6.07) is 9.39. The zero-order chi connectivity index (χ0) is 14.6. The number of nitrogens with one attached hydrogen (secondary N) is 1. The minimum atomic E-state index is -3.52. The van der Waals surface area contributed by atoms with Crippen LogP contribution in [0.15, 0.2) is 42.6 Å². The number of phenolic OH excluding ortho intramolecular Hbond substituents is 1. The molecule has 0 saturated carbocycles. The minimum absolute atomic E-state index is 0.0218. The summed E-state index contributed by atoms with van der Waals surface area (Å²) < 4.78 is 26.3. The smallest absolute Gasteiger partial charge is 0.233 e. The Morgan fingerprint density at radius 1 is 1.25 bits per heavy atom. The number of benzene rings is 1. The molecule has 7 heteroatoms. The zero-order valence-corrected chi connectivity index (χ0v) is 12.0. The fourth-order valence-corrected chi connectivity index (χ4v) is 2.96. The Hall–Kier alpha value is -1.79. The van der Waals surface area contributed by atoms with Crippen molar-refractivity contribution in [1.82, 2.24) is 4.98 Å². The van der Waals surface area contributed by atoms with Crippen LogP contribution in [0.4, 0.5) is 5.69 Å². The highest BCUT2D eigenvalue weighted by atomic mass is 35.5. The van der Waals surface area contributed by atoms with Crippen molar-refractivity contribution in [3.8, 4) is 5.75 Å². The van der Waals surface area contributed by atoms with Gasteiger partial charge < -0.3 is 5.11 Å². The van der Waals surface area contributed by atoms with E-state index in [0.29, 0.717) is 12.1 Å². The van der Waals surface area contributed by atoms with Gasteiger partial charge in [-0.05, 0) is 24.3 Å². The monoisotopic (exact) mass is 312 g/mol. The van der Waals surface area contributed by atoms with Crippen LogP contribution in [0.3, 0.4) is 0 Å². The van der Waals surface area contributed by atoms with E-state index in [0.717, 1.165) is 0 Å². The summed E-state index contributed by atoms with van der Waals surface area (Å²) in [6.45, 7) is 0. The normalized spacial score (nSPS) is 11.2. The van der Waals surface area contributed by atoms with Crippen LogP contribution in [0.5, 0.6) is 5.75 Å². The summed E-state index contributed by atoms with van der Waals surface area (Å²) >= 11 is 5.85. The van der Waals surface area contributed by atoms with Crippen molar-refractivity contribution in [3.63, 3.8) is 0 Å². The van der Waals surface area contributed by atoms with E-state index < -0.39 is 10.0 Å². The average Bonchev–Trinajstić information content (AvgIpc) is 2.41. The molecule has 0 fully saturated rings. The van der Waals surface area contributed by atoms with E-state index in [1.807, 2.05) is 0 Å². The molecule has 106 valence electrons. The second kappa shape index (κ2) is 6.11. The zero-order valence-electron chi connectivity index (χ0n) is 10.5. The number of rotatable bonds is 5. The molecule has 20 heavy (non-hydrogen) atoms. The van der Waals surface area contributed by atoms with Crippen LogP contribution in [-0.4, -0.2) is 24.3 Å². The molecule has 5 nitrogen and oxygen atoms in total. The number of hydrogen-bond acceptors (Lipinski definition) is 4. The molecule has 1 heterocycles. The SMILES string of the molecule is O=S(=O)(CCc1ccccn1)Nc1ccc(O)cc1Cl. The van der Waals surface area contributed by atoms with E-state index >= 15 is 0 Å². The summed E-state index contributed by atoms with van der Waals surface area (Å²) in [5.74, 6) is -0.118. The topological polar surface area (TPSA) is 79.3 Å². The van der Waals surface area contributed by atoms with E-state index in [-0.39, 0.29) is 22.2 Å². The second-order valence-corrected chi connectivity index (χ2v) is 6.41. The largest absolute Gasteiger partial charge is 0.508 e. The number of pyridine rings is 1. The fraction of sp³-hybridized carbons (Fsp3) is 0.154. The molecular weight excluding hydrogens is 300 g/mol. The maximum atomic E-state index is 12.0. The number of hydrogen-bond donors (Lipinski definition) is 2. The Labute approximate surface area is 122 Å². The second-order valence-electron chi connectivity index (χ2n) is 4.16. The third-order valence-corrected chi connectivity index (χ3v) is 4.16. The van der Waals surface area contributed by atoms with Crippen LogP contribution >= 0.6 is 11.6 Å². The molecule has 0 aliphatic heterocycles. The number of halogens is 1. The Morgan fingerprint density at radius 2 is 2.05 bits per heavy atom. The Balaban J connectivity index is 2.04. The molecule has 1 aromatic heterocycles. The lowest BCUT2D eigenvalue weighted by molar-refractivity contribution is 0.475. The lowest BCUT2D eigenvalue weighted by Gasteiger charge is -2.09. The first-order valence-corrected chi connectivity index (χ1v) is 7.88. The van der Waals surface area contributed by atoms with Gasteiger partial charge >= 0.3 is 0 Å². The number of sulfonamides is 1. The quantitative estimate of drug-likeness (QED) is 0.831. The first kappa shape index (κ1) is 14.6. The molecule has 0 aliphatic rings. The maximum absolute atomic E-state index is 12.0. The van der Waals surface area contributed by atoms with E-state index in [1.54, 1.807) is 24.4 Å². The number of aromatic nitrogens is 1. The van der Waals surface area contributed by atoms with Gasteiger partial charge in [-0.3, -0.25) is 9.71 Å². The molecule has 2 rings (SSSR count). The first-order valence-electron chi connectivity index (χ1n) is 5.85. The Kier molecular flexibility index (Phi) is 4.46. The van der Waals surface area contributed by atoms with Gasteiger partial charge in [-0.15, -0.1) is 0 Å². The van der Waals surface area contributed by atoms with Crippen molar-refractivity contribution in [3.05, 3.63) is 53.3 Å². The van der Waals surface area contributed by atoms with Gasteiger partial charge in [0.1, 0.15) is 5.75 Å². The molecule has 0 aliphatic carbocycles. The van der Waals surface area contributed by atoms with Crippen molar-refractivity contribution in [2.75, 3.05) is 10.5 Å². The van der Waals surface area contributed by atoms with Crippen molar-refractivity contribution < 1.29 is 13.5 Å². The summed E-state index contributed by atoms with van der Waals surface area (Å²) in [7, 11) is -3.52. The van der Waals surface area contributed by atoms with Gasteiger partial charge in [0.15, 0.2) is 0 Å². The standard InChI is InChI=1S/C13H13ClN2O3S/c14-12-9-11(17)4-5-13(12)16-20(18,19)8-6-10-3-1-2-7-15-10/h1-5,7,9,16-17H,6,8H2. The van der Waals surface area contributed by atoms with Crippen LogP contribution in [0.2, 0.25) is 5.02 Å². The van der Waals surface area contributed by atoms with Crippen LogP contribution in [0, 0.1) is 0 Å². The predicted molar refractivity (Wildman–Crippen MR) is 78.5 cm³/mol. The van der Waals surface area contributed by atoms with Crippen molar-refractivity contribution in [2.24, 2.45) is 0 Å². The fourth-order valence-electron chi connectivity index (χ4n) is 1.59. The minimum Gasteiger partial charge on any atom is -0.508 e. The van der Waals surface area contributed by atoms with E-state index in [9.17, 15) is 13.5 Å². The third-order valence-electron chi connectivity index (χ3n) is 2.57. The number of nitrogens with zero attached hydrogens (tertiary/aromatic N) is 1. The van der Waals surface area contributed by atoms with E-state index in [4.69, 9.17) is 11.6 Å². The molecular formula is C13H13ClN2O3S. The van der Waals surface area contributed by atoms with Crippen LogP contribution in [0.1, 0.15) is 5.69 Å². The number of aromatic hydroxyl groups is 1. The highest BCUT2D eigenvalue weighted by Gasteiger charge is 2.13. The summed E-state index contributed by atoms with van der Waals surface area (Å²) in [5, 5.41) is 9.36.